The Balaban J connectivity index is 2.53. The van der Waals surface area contributed by atoms with Crippen LogP contribution < -0.4 is 11.1 Å². The van der Waals surface area contributed by atoms with Crippen LogP contribution in [0.5, 0.6) is 0 Å². The lowest BCUT2D eigenvalue weighted by Gasteiger charge is -2.11. The molecule has 0 aliphatic heterocycles. The molecule has 1 heterocycles. The van der Waals surface area contributed by atoms with Crippen molar-refractivity contribution in [3.63, 3.8) is 0 Å². The SMILES string of the molecule is CC(CCNc1ncc(C#N)cc1N)S(C)=O. The van der Waals surface area contributed by atoms with Crippen molar-refractivity contribution in [2.24, 2.45) is 0 Å². The lowest BCUT2D eigenvalue weighted by molar-refractivity contribution is 0.672. The second kappa shape index (κ2) is 6.21. The fourth-order valence-corrected chi connectivity index (χ4v) is 1.70. The highest BCUT2D eigenvalue weighted by Crippen LogP contribution is 2.16. The summed E-state index contributed by atoms with van der Waals surface area (Å²) < 4.78 is 11.1. The zero-order valence-electron chi connectivity index (χ0n) is 9.93. The summed E-state index contributed by atoms with van der Waals surface area (Å²) in [5, 5.41) is 11.9. The van der Waals surface area contributed by atoms with Gasteiger partial charge in [-0.3, -0.25) is 4.21 Å². The lowest BCUT2D eigenvalue weighted by atomic mass is 10.2. The van der Waals surface area contributed by atoms with Gasteiger partial charge in [-0.25, -0.2) is 4.98 Å². The highest BCUT2D eigenvalue weighted by atomic mass is 32.2. The predicted octanol–water partition coefficient (Wildman–Crippen LogP) is 1.10. The number of nitrogens with zero attached hydrogens (tertiary/aromatic N) is 2. The number of pyridine rings is 1. The normalized spacial score (nSPS) is 13.7. The molecule has 1 aromatic rings. The topological polar surface area (TPSA) is 91.8 Å². The highest BCUT2D eigenvalue weighted by molar-refractivity contribution is 7.84. The van der Waals surface area contributed by atoms with Gasteiger partial charge < -0.3 is 11.1 Å². The number of nitriles is 1. The largest absolute Gasteiger partial charge is 0.396 e. The van der Waals surface area contributed by atoms with Crippen molar-refractivity contribution in [1.29, 1.82) is 5.26 Å². The standard InChI is InChI=1S/C11H16N4OS/c1-8(17(2)16)3-4-14-11-10(13)5-9(6-12)7-15-11/h5,7-8H,3-4,13H2,1-2H3,(H,14,15). The van der Waals surface area contributed by atoms with Gasteiger partial charge in [-0.15, -0.1) is 0 Å². The van der Waals surface area contributed by atoms with Gasteiger partial charge in [0.2, 0.25) is 0 Å². The number of rotatable bonds is 5. The Kier molecular flexibility index (Phi) is 4.91. The monoisotopic (exact) mass is 252 g/mol. The summed E-state index contributed by atoms with van der Waals surface area (Å²) in [5.41, 5.74) is 6.63. The summed E-state index contributed by atoms with van der Waals surface area (Å²) in [4.78, 5) is 4.06. The van der Waals surface area contributed by atoms with Crippen molar-refractivity contribution in [1.82, 2.24) is 4.98 Å². The first-order valence-electron chi connectivity index (χ1n) is 5.26. The molecule has 0 bridgehead atoms. The molecule has 92 valence electrons. The van der Waals surface area contributed by atoms with E-state index in [-0.39, 0.29) is 5.25 Å². The van der Waals surface area contributed by atoms with Gasteiger partial charge in [-0.2, -0.15) is 5.26 Å². The summed E-state index contributed by atoms with van der Waals surface area (Å²) in [7, 11) is -0.813. The van der Waals surface area contributed by atoms with Crippen LogP contribution in [0.2, 0.25) is 0 Å². The van der Waals surface area contributed by atoms with Crippen LogP contribution in [0.4, 0.5) is 11.5 Å². The number of nitrogens with two attached hydrogens (primary N) is 1. The fraction of sp³-hybridized carbons (Fsp3) is 0.455. The third-order valence-corrected chi connectivity index (χ3v) is 3.83. The fourth-order valence-electron chi connectivity index (χ4n) is 1.25. The summed E-state index contributed by atoms with van der Waals surface area (Å²) in [6.45, 7) is 2.59. The third kappa shape index (κ3) is 4.04. The molecule has 0 radical (unpaired) electrons. The molecule has 5 nitrogen and oxygen atoms in total. The van der Waals surface area contributed by atoms with Crippen LogP contribution in [-0.4, -0.2) is 27.2 Å². The first-order chi connectivity index (χ1) is 8.04. The zero-order valence-corrected chi connectivity index (χ0v) is 10.8. The average Bonchev–Trinajstić information content (AvgIpc) is 2.30. The van der Waals surface area contributed by atoms with E-state index in [0.717, 1.165) is 6.42 Å². The summed E-state index contributed by atoms with van der Waals surface area (Å²) >= 11 is 0. The van der Waals surface area contributed by atoms with Crippen LogP contribution in [-0.2, 0) is 10.8 Å². The van der Waals surface area contributed by atoms with Crippen LogP contribution in [0, 0.1) is 11.3 Å². The van der Waals surface area contributed by atoms with Gasteiger partial charge in [0.15, 0.2) is 0 Å². The molecular weight excluding hydrogens is 236 g/mol. The second-order valence-electron chi connectivity index (χ2n) is 3.80. The molecule has 1 aromatic heterocycles. The number of nitrogens with one attached hydrogen (secondary N) is 1. The van der Waals surface area contributed by atoms with Crippen LogP contribution in [0.1, 0.15) is 18.9 Å². The van der Waals surface area contributed by atoms with Gasteiger partial charge in [-0.05, 0) is 12.5 Å². The maximum Gasteiger partial charge on any atom is 0.149 e. The molecular formula is C11H16N4OS. The minimum atomic E-state index is -0.813. The molecule has 6 heteroatoms. The van der Waals surface area contributed by atoms with Crippen molar-refractivity contribution in [2.75, 3.05) is 23.9 Å². The van der Waals surface area contributed by atoms with Gasteiger partial charge in [0.05, 0.1) is 11.3 Å². The molecule has 0 spiro atoms. The molecule has 1 rings (SSSR count). The van der Waals surface area contributed by atoms with E-state index in [1.807, 2.05) is 13.0 Å². The molecule has 2 unspecified atom stereocenters. The second-order valence-corrected chi connectivity index (χ2v) is 5.60. The van der Waals surface area contributed by atoms with Crippen molar-refractivity contribution >= 4 is 22.3 Å². The maximum absolute atomic E-state index is 11.1. The first-order valence-corrected chi connectivity index (χ1v) is 6.88. The Morgan fingerprint density at radius 3 is 2.94 bits per heavy atom. The Bertz CT molecular complexity index is 455. The van der Waals surface area contributed by atoms with E-state index in [9.17, 15) is 4.21 Å². The van der Waals surface area contributed by atoms with E-state index in [2.05, 4.69) is 10.3 Å². The zero-order chi connectivity index (χ0) is 12.8. The molecule has 2 atom stereocenters. The molecule has 0 aromatic carbocycles. The molecule has 0 saturated heterocycles. The first kappa shape index (κ1) is 13.5. The smallest absolute Gasteiger partial charge is 0.149 e. The Labute approximate surface area is 103 Å². The quantitative estimate of drug-likeness (QED) is 0.818. The van der Waals surface area contributed by atoms with Gasteiger partial charge >= 0.3 is 0 Å². The van der Waals surface area contributed by atoms with E-state index in [0.29, 0.717) is 23.6 Å². The molecule has 0 saturated carbocycles. The summed E-state index contributed by atoms with van der Waals surface area (Å²) in [6.07, 6.45) is 3.95. The number of hydrogen-bond donors (Lipinski definition) is 2. The van der Waals surface area contributed by atoms with E-state index < -0.39 is 10.8 Å². The van der Waals surface area contributed by atoms with Gasteiger partial charge in [0.25, 0.3) is 0 Å². The van der Waals surface area contributed by atoms with Gasteiger partial charge in [0.1, 0.15) is 11.9 Å². The predicted molar refractivity (Wildman–Crippen MR) is 70.0 cm³/mol. The van der Waals surface area contributed by atoms with Crippen LogP contribution in [0.15, 0.2) is 12.3 Å². The average molecular weight is 252 g/mol. The molecule has 0 aliphatic carbocycles. The molecule has 0 amide bonds. The van der Waals surface area contributed by atoms with Crippen molar-refractivity contribution in [3.05, 3.63) is 17.8 Å². The minimum absolute atomic E-state index is 0.141. The van der Waals surface area contributed by atoms with Crippen LogP contribution in [0.3, 0.4) is 0 Å². The van der Waals surface area contributed by atoms with E-state index in [1.165, 1.54) is 6.20 Å². The Hall–Kier alpha value is -1.61. The maximum atomic E-state index is 11.1. The molecule has 3 N–H and O–H groups in total. The Morgan fingerprint density at radius 1 is 1.71 bits per heavy atom. The lowest BCUT2D eigenvalue weighted by Crippen LogP contribution is -2.15. The van der Waals surface area contributed by atoms with Crippen LogP contribution >= 0.6 is 0 Å². The summed E-state index contributed by atoms with van der Waals surface area (Å²) in [6, 6.07) is 3.55. The van der Waals surface area contributed by atoms with E-state index in [1.54, 1.807) is 12.3 Å². The van der Waals surface area contributed by atoms with Gasteiger partial charge in [-0.1, -0.05) is 6.92 Å². The third-order valence-electron chi connectivity index (χ3n) is 2.46. The number of hydrogen-bond acceptors (Lipinski definition) is 5. The van der Waals surface area contributed by atoms with Crippen molar-refractivity contribution in [3.8, 4) is 6.07 Å². The molecule has 17 heavy (non-hydrogen) atoms. The minimum Gasteiger partial charge on any atom is -0.396 e. The van der Waals surface area contributed by atoms with Crippen molar-refractivity contribution < 1.29 is 4.21 Å². The Morgan fingerprint density at radius 2 is 2.41 bits per heavy atom. The molecule has 0 fully saturated rings. The highest BCUT2D eigenvalue weighted by Gasteiger charge is 2.06. The van der Waals surface area contributed by atoms with Crippen LogP contribution in [0.25, 0.3) is 0 Å². The van der Waals surface area contributed by atoms with E-state index >= 15 is 0 Å². The van der Waals surface area contributed by atoms with Gasteiger partial charge in [0, 0.05) is 35.0 Å². The molecule has 0 aliphatic rings. The number of aromatic nitrogens is 1. The number of anilines is 2. The number of nitrogen functional groups attached to an aromatic ring is 1. The summed E-state index contributed by atoms with van der Waals surface area (Å²) in [5.74, 6) is 0.568. The van der Waals surface area contributed by atoms with Crippen molar-refractivity contribution in [2.45, 2.75) is 18.6 Å². The van der Waals surface area contributed by atoms with E-state index in [4.69, 9.17) is 11.0 Å².